The van der Waals surface area contributed by atoms with E-state index in [2.05, 4.69) is 6.07 Å². The molecule has 0 spiro atoms. The molecular formula is C23H21NO2S. The van der Waals surface area contributed by atoms with Gasteiger partial charge in [0, 0.05) is 16.2 Å². The van der Waals surface area contributed by atoms with Crippen molar-refractivity contribution in [2.75, 3.05) is 0 Å². The molecular weight excluding hydrogens is 354 g/mol. The van der Waals surface area contributed by atoms with Crippen LogP contribution in [0.4, 0.5) is 0 Å². The number of hydrogen-bond acceptors (Lipinski definition) is 3. The standard InChI is InChI=1S/C23H21NO2S/c1-15-7-9-18(10-8-15)27(26)22-6-4-3-5-20(22)23(14-24)12-17-11-21(25)16(2)19(17)13-23/h3-10,17H,11-13H2,1-2H3/t17-,23-,27-/m0/s1. The zero-order valence-electron chi connectivity index (χ0n) is 15.5. The number of Topliss-reactive ketones (excluding diaryl/α,β-unsaturated/α-hetero) is 1. The first-order valence-electron chi connectivity index (χ1n) is 9.17. The number of aryl methyl sites for hydroxylation is 1. The molecule has 0 radical (unpaired) electrons. The third-order valence-electron chi connectivity index (χ3n) is 5.96. The Balaban J connectivity index is 1.79. The van der Waals surface area contributed by atoms with Gasteiger partial charge < -0.3 is 0 Å². The van der Waals surface area contributed by atoms with E-state index in [1.54, 1.807) is 0 Å². The molecule has 136 valence electrons. The predicted octanol–water partition coefficient (Wildman–Crippen LogP) is 4.62. The summed E-state index contributed by atoms with van der Waals surface area (Å²) in [5, 5.41) is 10.1. The summed E-state index contributed by atoms with van der Waals surface area (Å²) < 4.78 is 13.3. The maximum Gasteiger partial charge on any atom is 0.159 e. The van der Waals surface area contributed by atoms with Gasteiger partial charge in [-0.2, -0.15) is 5.26 Å². The van der Waals surface area contributed by atoms with Gasteiger partial charge in [-0.3, -0.25) is 4.79 Å². The number of allylic oxidation sites excluding steroid dienone is 2. The van der Waals surface area contributed by atoms with E-state index in [4.69, 9.17) is 0 Å². The van der Waals surface area contributed by atoms with Crippen molar-refractivity contribution < 1.29 is 9.00 Å². The van der Waals surface area contributed by atoms with Crippen LogP contribution in [-0.4, -0.2) is 9.99 Å². The van der Waals surface area contributed by atoms with E-state index >= 15 is 0 Å². The highest BCUT2D eigenvalue weighted by atomic mass is 32.2. The van der Waals surface area contributed by atoms with Crippen LogP contribution in [-0.2, 0) is 21.0 Å². The van der Waals surface area contributed by atoms with Gasteiger partial charge in [0.15, 0.2) is 5.78 Å². The number of carbonyl (C=O) groups excluding carboxylic acids is 1. The first kappa shape index (κ1) is 17.9. The Morgan fingerprint density at radius 2 is 1.81 bits per heavy atom. The summed E-state index contributed by atoms with van der Waals surface area (Å²) in [5.41, 5.74) is 3.20. The number of fused-ring (bicyclic) bond motifs is 1. The van der Waals surface area contributed by atoms with Gasteiger partial charge in [0.1, 0.15) is 0 Å². The average molecular weight is 375 g/mol. The summed E-state index contributed by atoms with van der Waals surface area (Å²) in [7, 11) is -1.35. The van der Waals surface area contributed by atoms with E-state index in [0.717, 1.165) is 27.2 Å². The molecule has 4 rings (SSSR count). The van der Waals surface area contributed by atoms with Gasteiger partial charge in [-0.05, 0) is 61.9 Å². The first-order chi connectivity index (χ1) is 12.9. The summed E-state index contributed by atoms with van der Waals surface area (Å²) in [6.45, 7) is 3.88. The molecule has 1 saturated carbocycles. The third kappa shape index (κ3) is 2.87. The fraction of sp³-hybridized carbons (Fsp3) is 0.304. The Morgan fingerprint density at radius 3 is 2.48 bits per heavy atom. The van der Waals surface area contributed by atoms with Crippen molar-refractivity contribution in [2.45, 2.75) is 48.3 Å². The van der Waals surface area contributed by atoms with Gasteiger partial charge in [0.05, 0.1) is 22.3 Å². The van der Waals surface area contributed by atoms with Gasteiger partial charge >= 0.3 is 0 Å². The van der Waals surface area contributed by atoms with Crippen LogP contribution < -0.4 is 0 Å². The SMILES string of the molecule is CC1=C2C[C@@](C#N)(c3ccccc3[S@@](=O)c3ccc(C)cc3)C[C@@H]2CC1=O. The molecule has 3 nitrogen and oxygen atoms in total. The highest BCUT2D eigenvalue weighted by Crippen LogP contribution is 2.53. The van der Waals surface area contributed by atoms with E-state index in [1.165, 1.54) is 0 Å². The molecule has 0 N–H and O–H groups in total. The van der Waals surface area contributed by atoms with Crippen LogP contribution in [0.1, 0.15) is 37.3 Å². The second kappa shape index (κ2) is 6.58. The second-order valence-corrected chi connectivity index (χ2v) is 9.08. The maximum absolute atomic E-state index is 13.3. The van der Waals surface area contributed by atoms with Crippen molar-refractivity contribution in [3.05, 3.63) is 70.8 Å². The van der Waals surface area contributed by atoms with Crippen LogP contribution in [0.5, 0.6) is 0 Å². The highest BCUT2D eigenvalue weighted by molar-refractivity contribution is 7.85. The Kier molecular flexibility index (Phi) is 4.36. The molecule has 4 heteroatoms. The summed E-state index contributed by atoms with van der Waals surface area (Å²) in [5.74, 6) is 0.357. The van der Waals surface area contributed by atoms with E-state index < -0.39 is 16.2 Å². The Morgan fingerprint density at radius 1 is 1.11 bits per heavy atom. The summed E-state index contributed by atoms with van der Waals surface area (Å²) in [4.78, 5) is 13.5. The largest absolute Gasteiger partial charge is 0.295 e. The molecule has 2 aliphatic rings. The van der Waals surface area contributed by atoms with E-state index in [-0.39, 0.29) is 11.7 Å². The lowest BCUT2D eigenvalue weighted by molar-refractivity contribution is -0.115. The molecule has 2 aromatic carbocycles. The zero-order valence-corrected chi connectivity index (χ0v) is 16.3. The Hall–Kier alpha value is -2.51. The quantitative estimate of drug-likeness (QED) is 0.786. The predicted molar refractivity (Wildman–Crippen MR) is 105 cm³/mol. The first-order valence-corrected chi connectivity index (χ1v) is 10.3. The molecule has 0 saturated heterocycles. The molecule has 3 atom stereocenters. The number of nitrogens with zero attached hydrogens (tertiary/aromatic N) is 1. The molecule has 27 heavy (non-hydrogen) atoms. The summed E-state index contributed by atoms with van der Waals surface area (Å²) in [6, 6.07) is 17.8. The lowest BCUT2D eigenvalue weighted by Gasteiger charge is -2.24. The van der Waals surface area contributed by atoms with Gasteiger partial charge in [0.2, 0.25) is 0 Å². The van der Waals surface area contributed by atoms with Crippen LogP contribution in [0.3, 0.4) is 0 Å². The Bertz CT molecular complexity index is 1030. The molecule has 2 aliphatic carbocycles. The third-order valence-corrected chi connectivity index (χ3v) is 7.42. The number of ketones is 1. The maximum atomic E-state index is 13.3. The number of nitriles is 1. The molecule has 2 aromatic rings. The molecule has 0 aliphatic heterocycles. The van der Waals surface area contributed by atoms with Gasteiger partial charge in [-0.15, -0.1) is 0 Å². The number of rotatable bonds is 3. The van der Waals surface area contributed by atoms with E-state index in [9.17, 15) is 14.3 Å². The minimum Gasteiger partial charge on any atom is -0.295 e. The van der Waals surface area contributed by atoms with Gasteiger partial charge in [-0.1, -0.05) is 41.5 Å². The number of benzene rings is 2. The summed E-state index contributed by atoms with van der Waals surface area (Å²) >= 11 is 0. The van der Waals surface area contributed by atoms with Crippen LogP contribution in [0.2, 0.25) is 0 Å². The van der Waals surface area contributed by atoms with Crippen molar-refractivity contribution in [2.24, 2.45) is 5.92 Å². The smallest absolute Gasteiger partial charge is 0.159 e. The minimum absolute atomic E-state index is 0.151. The monoisotopic (exact) mass is 375 g/mol. The fourth-order valence-electron chi connectivity index (χ4n) is 4.44. The average Bonchev–Trinajstić information content (AvgIpc) is 3.18. The molecule has 1 fully saturated rings. The molecule has 0 aromatic heterocycles. The van der Waals surface area contributed by atoms with E-state index in [1.807, 2.05) is 62.4 Å². The van der Waals surface area contributed by atoms with Crippen molar-refractivity contribution in [1.82, 2.24) is 0 Å². The number of hydrogen-bond donors (Lipinski definition) is 0. The fourth-order valence-corrected chi connectivity index (χ4v) is 5.74. The topological polar surface area (TPSA) is 57.9 Å². The highest BCUT2D eigenvalue weighted by Gasteiger charge is 2.49. The van der Waals surface area contributed by atoms with Crippen molar-refractivity contribution in [1.29, 1.82) is 5.26 Å². The van der Waals surface area contributed by atoms with Gasteiger partial charge in [0.25, 0.3) is 0 Å². The van der Waals surface area contributed by atoms with Crippen LogP contribution in [0, 0.1) is 24.2 Å². The molecule has 0 unspecified atom stereocenters. The van der Waals surface area contributed by atoms with Crippen molar-refractivity contribution >= 4 is 16.6 Å². The lowest BCUT2D eigenvalue weighted by atomic mass is 9.78. The van der Waals surface area contributed by atoms with Crippen LogP contribution in [0.25, 0.3) is 0 Å². The lowest BCUT2D eigenvalue weighted by Crippen LogP contribution is -2.23. The number of carbonyl (C=O) groups is 1. The Labute approximate surface area is 162 Å². The van der Waals surface area contributed by atoms with E-state index in [0.29, 0.717) is 24.2 Å². The molecule has 0 bridgehead atoms. The van der Waals surface area contributed by atoms with Crippen molar-refractivity contribution in [3.8, 4) is 6.07 Å². The van der Waals surface area contributed by atoms with Gasteiger partial charge in [-0.25, -0.2) is 4.21 Å². The van der Waals surface area contributed by atoms with Crippen LogP contribution >= 0.6 is 0 Å². The normalized spacial score (nSPS) is 25.4. The molecule has 0 heterocycles. The second-order valence-electron chi connectivity index (χ2n) is 7.63. The summed E-state index contributed by atoms with van der Waals surface area (Å²) in [6.07, 6.45) is 1.70. The van der Waals surface area contributed by atoms with Crippen molar-refractivity contribution in [3.63, 3.8) is 0 Å². The van der Waals surface area contributed by atoms with Crippen LogP contribution in [0.15, 0.2) is 69.5 Å². The molecule has 0 amide bonds. The zero-order chi connectivity index (χ0) is 19.2. The minimum atomic E-state index is -1.35.